The van der Waals surface area contributed by atoms with Crippen molar-refractivity contribution in [1.29, 1.82) is 5.26 Å². The first-order valence-electron chi connectivity index (χ1n) is 18.1. The van der Waals surface area contributed by atoms with Crippen molar-refractivity contribution < 1.29 is 18.3 Å². The number of terminal acetylenes is 1. The Morgan fingerprint density at radius 1 is 1.13 bits per heavy atom. The number of carbonyl (C=O) groups is 1. The number of ether oxygens (including phenoxy) is 1. The van der Waals surface area contributed by atoms with Gasteiger partial charge in [-0.3, -0.25) is 9.79 Å². The highest BCUT2D eigenvalue weighted by Crippen LogP contribution is 2.36. The molecule has 3 aromatic rings. The Balaban J connectivity index is 0.000000613. The molecule has 0 radical (unpaired) electrons. The van der Waals surface area contributed by atoms with Crippen LogP contribution < -0.4 is 11.1 Å². The van der Waals surface area contributed by atoms with Gasteiger partial charge in [-0.05, 0) is 57.2 Å². The van der Waals surface area contributed by atoms with Crippen LogP contribution in [-0.4, -0.2) is 66.9 Å². The largest absolute Gasteiger partial charge is 0.375 e. The third-order valence-electron chi connectivity index (χ3n) is 7.84. The van der Waals surface area contributed by atoms with Crippen molar-refractivity contribution in [1.82, 2.24) is 14.9 Å². The Bertz CT molecular complexity index is 1750. The first-order chi connectivity index (χ1) is 25.4. The number of nitrogens with one attached hydrogen (secondary N) is 1. The van der Waals surface area contributed by atoms with Crippen LogP contribution in [0.15, 0.2) is 35.3 Å². The second kappa shape index (κ2) is 25.5. The van der Waals surface area contributed by atoms with Crippen LogP contribution in [0.2, 0.25) is 5.02 Å². The predicted octanol–water partition coefficient (Wildman–Crippen LogP) is 9.07. The molecule has 3 N–H and O–H groups in total. The molecule has 0 spiro atoms. The number of unbranched alkanes of at least 4 members (excludes halogenated alkanes) is 1. The number of aliphatic imine (C=N–C) groups is 1. The van der Waals surface area contributed by atoms with Crippen LogP contribution in [0, 0.1) is 48.2 Å². The number of nitriles is 1. The molecule has 3 rings (SSSR count). The SMILES string of the molecule is C#CCCC.CCC(C)/C=C(\C=NC)c1nc2c(NC(C)c3cc(C#N)ccc3F)c(Cl)c(C)nc2cc1F.CCCN(CCC)C(=O)COCCN. The van der Waals surface area contributed by atoms with Crippen molar-refractivity contribution in [2.24, 2.45) is 16.6 Å². The fraction of sp³-hybridized carbons (Fsp3) is 0.488. The molecule has 9 nitrogen and oxygen atoms in total. The van der Waals surface area contributed by atoms with Gasteiger partial charge in [0.25, 0.3) is 0 Å². The quantitative estimate of drug-likeness (QED) is 0.0849. The van der Waals surface area contributed by atoms with Gasteiger partial charge in [0.2, 0.25) is 5.91 Å². The molecule has 2 heterocycles. The maximum Gasteiger partial charge on any atom is 0.248 e. The van der Waals surface area contributed by atoms with E-state index in [4.69, 9.17) is 28.5 Å². The number of halogens is 3. The van der Waals surface area contributed by atoms with E-state index in [1.807, 2.05) is 30.9 Å². The van der Waals surface area contributed by atoms with Crippen molar-refractivity contribution in [2.75, 3.05) is 45.2 Å². The highest BCUT2D eigenvalue weighted by atomic mass is 35.5. The zero-order valence-corrected chi connectivity index (χ0v) is 33.3. The minimum Gasteiger partial charge on any atom is -0.375 e. The summed E-state index contributed by atoms with van der Waals surface area (Å²) in [6, 6.07) is 6.94. The van der Waals surface area contributed by atoms with E-state index < -0.39 is 17.7 Å². The van der Waals surface area contributed by atoms with Crippen molar-refractivity contribution >= 4 is 46.0 Å². The minimum absolute atomic E-state index is 0.0714. The molecule has 0 aliphatic heterocycles. The van der Waals surface area contributed by atoms with Crippen LogP contribution in [-0.2, 0) is 9.53 Å². The van der Waals surface area contributed by atoms with E-state index in [-0.39, 0.29) is 24.1 Å². The van der Waals surface area contributed by atoms with E-state index in [1.165, 1.54) is 24.3 Å². The molecule has 2 unspecified atom stereocenters. The van der Waals surface area contributed by atoms with Crippen molar-refractivity contribution in [2.45, 2.75) is 86.6 Å². The topological polar surface area (TPSA) is 130 Å². The predicted molar refractivity (Wildman–Crippen MR) is 215 cm³/mol. The van der Waals surface area contributed by atoms with Crippen LogP contribution in [0.5, 0.6) is 0 Å². The molecule has 53 heavy (non-hydrogen) atoms. The van der Waals surface area contributed by atoms with Gasteiger partial charge in [0.15, 0.2) is 5.82 Å². The molecule has 0 saturated heterocycles. The zero-order chi connectivity index (χ0) is 39.9. The molecular formula is C41H56ClF2N7O2. The third kappa shape index (κ3) is 15.2. The van der Waals surface area contributed by atoms with Gasteiger partial charge in [-0.1, -0.05) is 58.7 Å². The Morgan fingerprint density at radius 2 is 1.81 bits per heavy atom. The average Bonchev–Trinajstić information content (AvgIpc) is 3.14. The second-order valence-electron chi connectivity index (χ2n) is 12.4. The summed E-state index contributed by atoms with van der Waals surface area (Å²) >= 11 is 6.60. The number of aromatic nitrogens is 2. The molecule has 12 heteroatoms. The minimum atomic E-state index is -0.557. The number of amides is 1. The van der Waals surface area contributed by atoms with Crippen LogP contribution in [0.25, 0.3) is 16.6 Å². The van der Waals surface area contributed by atoms with Gasteiger partial charge >= 0.3 is 0 Å². The summed E-state index contributed by atoms with van der Waals surface area (Å²) in [5.41, 5.74) is 8.16. The number of nitrogens with zero attached hydrogens (tertiary/aromatic N) is 5. The molecule has 2 atom stereocenters. The number of nitrogens with two attached hydrogens (primary N) is 1. The number of rotatable bonds is 16. The lowest BCUT2D eigenvalue weighted by Crippen LogP contribution is -2.35. The standard InChI is InChI=1S/C26H26ClF2N5.C10H22N2O2.C5H8/c1-6-14(2)9-18(13-31-5)24-21(29)11-22-25(34-24)26(23(27)16(4)32-22)33-15(3)19-10-17(12-30)7-8-20(19)28;1-3-6-12(7-4-2)10(13)9-14-8-5-11;1-3-5-4-2/h7-11,13-15H,6H2,1-5H3,(H,32,33);3-9,11H2,1-2H3;1H,4-5H2,2H3/b18-9+,31-13?;;. The highest BCUT2D eigenvalue weighted by Gasteiger charge is 2.21. The fourth-order valence-electron chi connectivity index (χ4n) is 4.96. The summed E-state index contributed by atoms with van der Waals surface area (Å²) in [7, 11) is 1.61. The van der Waals surface area contributed by atoms with Gasteiger partial charge < -0.3 is 20.7 Å². The number of anilines is 1. The van der Waals surface area contributed by atoms with Crippen LogP contribution >= 0.6 is 11.6 Å². The summed E-state index contributed by atoms with van der Waals surface area (Å²) in [5.74, 6) is 1.80. The van der Waals surface area contributed by atoms with Gasteiger partial charge in [-0.15, -0.1) is 12.3 Å². The molecule has 2 aromatic heterocycles. The van der Waals surface area contributed by atoms with Crippen molar-refractivity contribution in [3.63, 3.8) is 0 Å². The highest BCUT2D eigenvalue weighted by molar-refractivity contribution is 6.35. The number of hydrogen-bond acceptors (Lipinski definition) is 8. The van der Waals surface area contributed by atoms with Gasteiger partial charge in [-0.2, -0.15) is 5.26 Å². The molecule has 0 fully saturated rings. The Morgan fingerprint density at radius 3 is 2.34 bits per heavy atom. The molecule has 0 bridgehead atoms. The maximum atomic E-state index is 15.1. The third-order valence-corrected chi connectivity index (χ3v) is 8.30. The number of hydrogen-bond donors (Lipinski definition) is 2. The summed E-state index contributed by atoms with van der Waals surface area (Å²) in [4.78, 5) is 26.5. The number of aryl methyl sites for hydroxylation is 1. The van der Waals surface area contributed by atoms with E-state index in [0.717, 1.165) is 45.2 Å². The molecular weight excluding hydrogens is 696 g/mol. The second-order valence-corrected chi connectivity index (χ2v) is 12.7. The summed E-state index contributed by atoms with van der Waals surface area (Å²) in [5, 5.41) is 12.7. The molecule has 1 amide bonds. The van der Waals surface area contributed by atoms with Crippen LogP contribution in [0.3, 0.4) is 0 Å². The lowest BCUT2D eigenvalue weighted by Gasteiger charge is -2.21. The molecule has 0 aliphatic carbocycles. The van der Waals surface area contributed by atoms with E-state index >= 15 is 4.39 Å². The lowest BCUT2D eigenvalue weighted by molar-refractivity contribution is -0.136. The fourth-order valence-corrected chi connectivity index (χ4v) is 5.15. The smallest absolute Gasteiger partial charge is 0.248 e. The van der Waals surface area contributed by atoms with E-state index in [0.29, 0.717) is 57.3 Å². The van der Waals surface area contributed by atoms with Crippen molar-refractivity contribution in [3.8, 4) is 18.4 Å². The number of carbonyl (C=O) groups excluding carboxylic acids is 1. The van der Waals surface area contributed by atoms with E-state index in [1.54, 1.807) is 27.1 Å². The molecule has 0 saturated carbocycles. The molecule has 1 aromatic carbocycles. The first-order valence-corrected chi connectivity index (χ1v) is 18.5. The van der Waals surface area contributed by atoms with Gasteiger partial charge in [0.05, 0.1) is 46.2 Å². The Hall–Kier alpha value is -4.42. The van der Waals surface area contributed by atoms with Crippen molar-refractivity contribution in [3.05, 3.63) is 69.5 Å². The molecule has 0 aliphatic rings. The summed E-state index contributed by atoms with van der Waals surface area (Å²) in [6.45, 7) is 16.5. The van der Waals surface area contributed by atoms with Gasteiger partial charge in [0.1, 0.15) is 23.6 Å². The monoisotopic (exact) mass is 751 g/mol. The average molecular weight is 752 g/mol. The number of pyridine rings is 2. The van der Waals surface area contributed by atoms with Gasteiger partial charge in [-0.25, -0.2) is 18.7 Å². The first kappa shape index (κ1) is 46.6. The number of benzene rings is 1. The van der Waals surface area contributed by atoms with E-state index in [2.05, 4.69) is 47.0 Å². The lowest BCUT2D eigenvalue weighted by atomic mass is 10.0. The molecule has 288 valence electrons. The number of fused-ring (bicyclic) bond motifs is 1. The van der Waals surface area contributed by atoms with Gasteiger partial charge in [0, 0.05) is 56.5 Å². The zero-order valence-electron chi connectivity index (χ0n) is 32.5. The normalized spacial score (nSPS) is 12.2. The Kier molecular flexibility index (Phi) is 22.5. The van der Waals surface area contributed by atoms with Crippen LogP contribution in [0.4, 0.5) is 14.5 Å². The maximum absolute atomic E-state index is 15.1. The number of allylic oxidation sites excluding steroid dienone is 2. The van der Waals surface area contributed by atoms with E-state index in [9.17, 15) is 14.4 Å². The summed E-state index contributed by atoms with van der Waals surface area (Å²) in [6.07, 6.45) is 13.3. The van der Waals surface area contributed by atoms with Crippen LogP contribution in [0.1, 0.15) is 102 Å². The Labute approximate surface area is 320 Å². The summed E-state index contributed by atoms with van der Waals surface area (Å²) < 4.78 is 34.8.